The Morgan fingerprint density at radius 2 is 2.00 bits per heavy atom. The average molecular weight is 256 g/mol. The summed E-state index contributed by atoms with van der Waals surface area (Å²) < 4.78 is 2.28. The molecule has 2 aromatic rings. The zero-order valence-electron chi connectivity index (χ0n) is 11.3. The Morgan fingerprint density at radius 1 is 1.16 bits per heavy atom. The molecule has 0 aromatic carbocycles. The van der Waals surface area contributed by atoms with Gasteiger partial charge in [0.05, 0.1) is 11.4 Å². The highest BCUT2D eigenvalue weighted by molar-refractivity contribution is 5.56. The number of aryl methyl sites for hydroxylation is 1. The summed E-state index contributed by atoms with van der Waals surface area (Å²) in [5, 5.41) is 3.41. The van der Waals surface area contributed by atoms with E-state index < -0.39 is 0 Å². The van der Waals surface area contributed by atoms with Gasteiger partial charge in [-0.3, -0.25) is 4.98 Å². The van der Waals surface area contributed by atoms with Crippen molar-refractivity contribution in [1.29, 1.82) is 0 Å². The number of hydrogen-bond acceptors (Lipinski definition) is 3. The molecule has 2 aromatic heterocycles. The van der Waals surface area contributed by atoms with Crippen LogP contribution >= 0.6 is 0 Å². The molecule has 4 heteroatoms. The molecule has 100 valence electrons. The lowest BCUT2D eigenvalue weighted by Crippen LogP contribution is -2.14. The molecule has 1 N–H and O–H groups in total. The minimum atomic E-state index is 0.593. The first-order valence-electron chi connectivity index (χ1n) is 7.06. The topological polar surface area (TPSA) is 42.7 Å². The first-order valence-corrected chi connectivity index (χ1v) is 7.06. The van der Waals surface area contributed by atoms with Gasteiger partial charge in [-0.25, -0.2) is 4.98 Å². The lowest BCUT2D eigenvalue weighted by molar-refractivity contribution is 0.356. The van der Waals surface area contributed by atoms with E-state index in [1.165, 1.54) is 32.1 Å². The molecule has 0 aliphatic heterocycles. The third kappa shape index (κ3) is 2.62. The van der Waals surface area contributed by atoms with E-state index in [1.54, 1.807) is 0 Å². The maximum absolute atomic E-state index is 4.45. The number of rotatable bonds is 3. The van der Waals surface area contributed by atoms with E-state index in [-0.39, 0.29) is 0 Å². The quantitative estimate of drug-likeness (QED) is 0.907. The van der Waals surface area contributed by atoms with Gasteiger partial charge in [0.1, 0.15) is 0 Å². The molecule has 1 aliphatic carbocycles. The Labute approximate surface area is 113 Å². The molecular formula is C15H20N4. The zero-order valence-corrected chi connectivity index (χ0v) is 11.3. The molecule has 1 aliphatic rings. The predicted molar refractivity (Wildman–Crippen MR) is 76.6 cm³/mol. The van der Waals surface area contributed by atoms with E-state index in [1.807, 2.05) is 31.5 Å². The molecule has 1 fully saturated rings. The van der Waals surface area contributed by atoms with Crippen molar-refractivity contribution in [3.8, 4) is 0 Å². The Bertz CT molecular complexity index is 541. The fraction of sp³-hybridized carbons (Fsp3) is 0.467. The molecule has 2 heterocycles. The van der Waals surface area contributed by atoms with Gasteiger partial charge in [0.15, 0.2) is 0 Å². The summed E-state index contributed by atoms with van der Waals surface area (Å²) in [6.45, 7) is 2.01. The van der Waals surface area contributed by atoms with E-state index in [4.69, 9.17) is 0 Å². The molecular weight excluding hydrogens is 236 g/mol. The monoisotopic (exact) mass is 256 g/mol. The van der Waals surface area contributed by atoms with E-state index in [0.717, 1.165) is 17.3 Å². The number of anilines is 2. The van der Waals surface area contributed by atoms with Gasteiger partial charge in [0.25, 0.3) is 0 Å². The molecule has 1 saturated carbocycles. The lowest BCUT2D eigenvalue weighted by Gasteiger charge is -2.24. The normalized spacial score (nSPS) is 16.5. The molecule has 4 nitrogen and oxygen atoms in total. The van der Waals surface area contributed by atoms with Crippen LogP contribution in [0, 0.1) is 6.92 Å². The largest absolute Gasteiger partial charge is 0.324 e. The van der Waals surface area contributed by atoms with Crippen LogP contribution in [0.15, 0.2) is 30.7 Å². The molecule has 0 bridgehead atoms. The van der Waals surface area contributed by atoms with Crippen LogP contribution < -0.4 is 5.32 Å². The van der Waals surface area contributed by atoms with Crippen molar-refractivity contribution < 1.29 is 0 Å². The maximum Gasteiger partial charge on any atom is 0.207 e. The summed E-state index contributed by atoms with van der Waals surface area (Å²) >= 11 is 0. The van der Waals surface area contributed by atoms with Crippen LogP contribution in [0.4, 0.5) is 11.6 Å². The molecule has 0 spiro atoms. The number of aromatic nitrogens is 3. The van der Waals surface area contributed by atoms with Crippen molar-refractivity contribution in [3.63, 3.8) is 0 Å². The summed E-state index contributed by atoms with van der Waals surface area (Å²) in [4.78, 5) is 8.75. The summed E-state index contributed by atoms with van der Waals surface area (Å²) in [6.07, 6.45) is 12.3. The first kappa shape index (κ1) is 12.2. The number of hydrogen-bond donors (Lipinski definition) is 1. The molecule has 0 atom stereocenters. The summed E-state index contributed by atoms with van der Waals surface area (Å²) in [5.74, 6) is 0.933. The van der Waals surface area contributed by atoms with Crippen LogP contribution in [0.5, 0.6) is 0 Å². The van der Waals surface area contributed by atoms with Crippen molar-refractivity contribution in [2.75, 3.05) is 5.32 Å². The van der Waals surface area contributed by atoms with Crippen LogP contribution in [-0.2, 0) is 0 Å². The van der Waals surface area contributed by atoms with Crippen molar-refractivity contribution in [2.45, 2.75) is 45.1 Å². The molecule has 0 unspecified atom stereocenters. The smallest absolute Gasteiger partial charge is 0.207 e. The SMILES string of the molecule is Cc1ncccc1Nc1nccn1C1CCCCC1. The van der Waals surface area contributed by atoms with Crippen molar-refractivity contribution in [1.82, 2.24) is 14.5 Å². The van der Waals surface area contributed by atoms with Crippen LogP contribution in [0.25, 0.3) is 0 Å². The Morgan fingerprint density at radius 3 is 2.79 bits per heavy atom. The highest BCUT2D eigenvalue weighted by atomic mass is 15.2. The summed E-state index contributed by atoms with van der Waals surface area (Å²) in [6, 6.07) is 4.58. The fourth-order valence-corrected chi connectivity index (χ4v) is 2.80. The highest BCUT2D eigenvalue weighted by Gasteiger charge is 2.18. The van der Waals surface area contributed by atoms with Crippen molar-refractivity contribution >= 4 is 11.6 Å². The Kier molecular flexibility index (Phi) is 3.49. The van der Waals surface area contributed by atoms with E-state index in [2.05, 4.69) is 26.0 Å². The van der Waals surface area contributed by atoms with E-state index in [0.29, 0.717) is 6.04 Å². The average Bonchev–Trinajstić information content (AvgIpc) is 2.91. The van der Waals surface area contributed by atoms with Crippen LogP contribution in [0.1, 0.15) is 43.8 Å². The second-order valence-electron chi connectivity index (χ2n) is 5.21. The lowest BCUT2D eigenvalue weighted by atomic mass is 9.95. The minimum Gasteiger partial charge on any atom is -0.324 e. The van der Waals surface area contributed by atoms with Gasteiger partial charge in [0, 0.05) is 24.6 Å². The van der Waals surface area contributed by atoms with E-state index in [9.17, 15) is 0 Å². The summed E-state index contributed by atoms with van der Waals surface area (Å²) in [5.41, 5.74) is 2.03. The maximum atomic E-state index is 4.45. The predicted octanol–water partition coefficient (Wildman–Crippen LogP) is 3.84. The molecule has 19 heavy (non-hydrogen) atoms. The van der Waals surface area contributed by atoms with Crippen molar-refractivity contribution in [3.05, 3.63) is 36.4 Å². The zero-order chi connectivity index (χ0) is 13.1. The standard InChI is InChI=1S/C15H20N4/c1-12-14(8-5-9-16-12)18-15-17-10-11-19(15)13-6-3-2-4-7-13/h5,8-11,13H,2-4,6-7H2,1H3,(H,17,18). The minimum absolute atomic E-state index is 0.593. The second kappa shape index (κ2) is 5.43. The number of pyridine rings is 1. The van der Waals surface area contributed by atoms with Gasteiger partial charge >= 0.3 is 0 Å². The highest BCUT2D eigenvalue weighted by Crippen LogP contribution is 2.31. The van der Waals surface area contributed by atoms with Gasteiger partial charge < -0.3 is 9.88 Å². The van der Waals surface area contributed by atoms with Gasteiger partial charge in [-0.1, -0.05) is 19.3 Å². The van der Waals surface area contributed by atoms with Gasteiger partial charge in [-0.2, -0.15) is 0 Å². The van der Waals surface area contributed by atoms with E-state index >= 15 is 0 Å². The van der Waals surface area contributed by atoms with Crippen LogP contribution in [0.2, 0.25) is 0 Å². The molecule has 0 radical (unpaired) electrons. The third-order valence-corrected chi connectivity index (χ3v) is 3.89. The number of imidazole rings is 1. The molecule has 3 rings (SSSR count). The Balaban J connectivity index is 1.82. The number of nitrogens with zero attached hydrogens (tertiary/aromatic N) is 3. The van der Waals surface area contributed by atoms with Crippen molar-refractivity contribution in [2.24, 2.45) is 0 Å². The summed E-state index contributed by atoms with van der Waals surface area (Å²) in [7, 11) is 0. The van der Waals surface area contributed by atoms with Crippen LogP contribution in [-0.4, -0.2) is 14.5 Å². The Hall–Kier alpha value is -1.84. The molecule has 0 saturated heterocycles. The molecule has 0 amide bonds. The van der Waals surface area contributed by atoms with Gasteiger partial charge in [0.2, 0.25) is 5.95 Å². The van der Waals surface area contributed by atoms with Crippen LogP contribution in [0.3, 0.4) is 0 Å². The van der Waals surface area contributed by atoms with Gasteiger partial charge in [-0.05, 0) is 31.9 Å². The fourth-order valence-electron chi connectivity index (χ4n) is 2.80. The van der Waals surface area contributed by atoms with Gasteiger partial charge in [-0.15, -0.1) is 0 Å². The second-order valence-corrected chi connectivity index (χ2v) is 5.21. The number of nitrogens with one attached hydrogen (secondary N) is 1. The first-order chi connectivity index (χ1) is 9.34. The third-order valence-electron chi connectivity index (χ3n) is 3.89.